The van der Waals surface area contributed by atoms with Crippen molar-refractivity contribution < 1.29 is 27.9 Å². The number of hydrogen-bond donors (Lipinski definition) is 2. The van der Waals surface area contributed by atoms with E-state index in [4.69, 9.17) is 9.90 Å². The van der Waals surface area contributed by atoms with Crippen LogP contribution >= 0.6 is 0 Å². The molecule has 8 nitrogen and oxygen atoms in total. The smallest absolute Gasteiger partial charge is 0.475 e. The normalized spacial score (nSPS) is 18.6. The number of rotatable bonds is 7. The number of aliphatic carboxylic acids is 1. The number of nitrogens with zero attached hydrogens (tertiary/aromatic N) is 4. The van der Waals surface area contributed by atoms with Crippen LogP contribution in [0.3, 0.4) is 0 Å². The second-order valence-corrected chi connectivity index (χ2v) is 8.65. The fraction of sp³-hybridized carbons (Fsp3) is 0.591. The van der Waals surface area contributed by atoms with Crippen LogP contribution in [0.2, 0.25) is 0 Å². The lowest BCUT2D eigenvalue weighted by Crippen LogP contribution is -2.33. The Bertz CT molecular complexity index is 936. The number of nitrogens with one attached hydrogen (secondary N) is 1. The monoisotopic (exact) mass is 469 g/mol. The molecule has 0 radical (unpaired) electrons. The number of hydrogen-bond acceptors (Lipinski definition) is 4. The minimum absolute atomic E-state index is 0.205. The van der Waals surface area contributed by atoms with Gasteiger partial charge in [-0.05, 0) is 43.7 Å². The molecule has 0 spiro atoms. The SMILES string of the molecule is CCn1cc(CN2Cc3cccn3CC(CC(=O)NCC3CC3)C2)cn1.O=C(O)C(F)(F)F. The van der Waals surface area contributed by atoms with E-state index in [1.807, 2.05) is 10.9 Å². The zero-order valence-corrected chi connectivity index (χ0v) is 18.6. The molecule has 1 aliphatic heterocycles. The van der Waals surface area contributed by atoms with Crippen molar-refractivity contribution in [2.24, 2.45) is 11.8 Å². The van der Waals surface area contributed by atoms with E-state index in [2.05, 4.69) is 51.3 Å². The van der Waals surface area contributed by atoms with Crippen molar-refractivity contribution in [1.82, 2.24) is 24.6 Å². The van der Waals surface area contributed by atoms with E-state index in [9.17, 15) is 18.0 Å². The van der Waals surface area contributed by atoms with Crippen molar-refractivity contribution >= 4 is 11.9 Å². The van der Waals surface area contributed by atoms with E-state index in [1.54, 1.807) is 0 Å². The summed E-state index contributed by atoms with van der Waals surface area (Å²) in [4.78, 5) is 23.7. The average molecular weight is 470 g/mol. The van der Waals surface area contributed by atoms with Crippen LogP contribution in [-0.2, 0) is 35.8 Å². The number of alkyl halides is 3. The maximum absolute atomic E-state index is 12.4. The number of carboxylic acids is 1. The lowest BCUT2D eigenvalue weighted by Gasteiger charge is -2.23. The molecular formula is C22H30F3N5O3. The number of aromatic nitrogens is 3. The summed E-state index contributed by atoms with van der Waals surface area (Å²) in [6, 6.07) is 4.30. The molecule has 0 bridgehead atoms. The van der Waals surface area contributed by atoms with E-state index in [1.165, 1.54) is 24.1 Å². The Morgan fingerprint density at radius 3 is 2.58 bits per heavy atom. The standard InChI is InChI=1S/C20H29N5O.C2HF3O2/c1-2-25-14-18(10-22-25)12-23-11-17(8-20(26)21-9-16-5-6-16)13-24-7-3-4-19(24)15-23;3-2(4,5)1(6)7/h3-4,7,10,14,16-17H,2,5-6,8-9,11-13,15H2,1H3,(H,21,26);(H,6,7). The van der Waals surface area contributed by atoms with Gasteiger partial charge in [0, 0.05) is 69.3 Å². The third-order valence-electron chi connectivity index (χ3n) is 5.70. The molecule has 33 heavy (non-hydrogen) atoms. The number of carboxylic acid groups (broad SMARTS) is 1. The third-order valence-corrected chi connectivity index (χ3v) is 5.70. The lowest BCUT2D eigenvalue weighted by molar-refractivity contribution is -0.192. The minimum atomic E-state index is -5.08. The van der Waals surface area contributed by atoms with Gasteiger partial charge in [0.2, 0.25) is 5.91 Å². The first kappa shape index (κ1) is 24.8. The summed E-state index contributed by atoms with van der Waals surface area (Å²) in [6.07, 6.45) is 4.30. The molecule has 3 heterocycles. The van der Waals surface area contributed by atoms with Crippen LogP contribution in [0, 0.1) is 11.8 Å². The number of fused-ring (bicyclic) bond motifs is 1. The average Bonchev–Trinajstić information content (AvgIpc) is 3.36. The number of carbonyl (C=O) groups excluding carboxylic acids is 1. The minimum Gasteiger partial charge on any atom is -0.475 e. The Labute approximate surface area is 190 Å². The lowest BCUT2D eigenvalue weighted by atomic mass is 10.0. The first-order valence-electron chi connectivity index (χ1n) is 11.1. The third kappa shape index (κ3) is 7.92. The second-order valence-electron chi connectivity index (χ2n) is 8.65. The molecule has 11 heteroatoms. The van der Waals surface area contributed by atoms with Crippen LogP contribution in [-0.4, -0.2) is 55.5 Å². The quantitative estimate of drug-likeness (QED) is 0.651. The van der Waals surface area contributed by atoms with Crippen molar-refractivity contribution in [3.05, 3.63) is 42.0 Å². The Morgan fingerprint density at radius 2 is 1.97 bits per heavy atom. The van der Waals surface area contributed by atoms with Crippen LogP contribution in [0.15, 0.2) is 30.7 Å². The Balaban J connectivity index is 0.000000383. The van der Waals surface area contributed by atoms with E-state index >= 15 is 0 Å². The highest BCUT2D eigenvalue weighted by atomic mass is 19.4. The molecule has 4 rings (SSSR count). The highest BCUT2D eigenvalue weighted by Crippen LogP contribution is 2.27. The van der Waals surface area contributed by atoms with Gasteiger partial charge in [-0.15, -0.1) is 0 Å². The van der Waals surface area contributed by atoms with Crippen molar-refractivity contribution in [3.8, 4) is 0 Å². The van der Waals surface area contributed by atoms with Gasteiger partial charge in [0.05, 0.1) is 6.20 Å². The molecule has 2 aromatic rings. The molecule has 0 aromatic carbocycles. The van der Waals surface area contributed by atoms with Crippen molar-refractivity contribution in [3.63, 3.8) is 0 Å². The summed E-state index contributed by atoms with van der Waals surface area (Å²) in [5, 5.41) is 14.6. The number of amides is 1. The summed E-state index contributed by atoms with van der Waals surface area (Å²) in [5.74, 6) is -1.48. The summed E-state index contributed by atoms with van der Waals surface area (Å²) < 4.78 is 36.0. The Hall–Kier alpha value is -2.82. The van der Waals surface area contributed by atoms with Crippen LogP contribution in [0.4, 0.5) is 13.2 Å². The van der Waals surface area contributed by atoms with Gasteiger partial charge in [-0.1, -0.05) is 0 Å². The highest BCUT2D eigenvalue weighted by Gasteiger charge is 2.38. The van der Waals surface area contributed by atoms with Crippen molar-refractivity contribution in [2.75, 3.05) is 13.1 Å². The maximum atomic E-state index is 12.4. The number of carbonyl (C=O) groups is 2. The van der Waals surface area contributed by atoms with Crippen molar-refractivity contribution in [1.29, 1.82) is 0 Å². The first-order chi connectivity index (χ1) is 15.6. The first-order valence-corrected chi connectivity index (χ1v) is 11.1. The molecule has 2 aromatic heterocycles. The van der Waals surface area contributed by atoms with Gasteiger partial charge in [0.1, 0.15) is 0 Å². The van der Waals surface area contributed by atoms with Crippen molar-refractivity contribution in [2.45, 2.75) is 58.5 Å². The van der Waals surface area contributed by atoms with Gasteiger partial charge >= 0.3 is 12.1 Å². The van der Waals surface area contributed by atoms with E-state index in [0.717, 1.165) is 45.2 Å². The topological polar surface area (TPSA) is 92.4 Å². The largest absolute Gasteiger partial charge is 0.490 e. The van der Waals surface area contributed by atoms with E-state index in [0.29, 0.717) is 12.3 Å². The Kier molecular flexibility index (Phi) is 8.17. The molecule has 1 saturated carbocycles. The molecule has 1 aliphatic carbocycles. The van der Waals surface area contributed by atoms with E-state index < -0.39 is 12.1 Å². The van der Waals surface area contributed by atoms with Gasteiger partial charge in [0.15, 0.2) is 0 Å². The predicted octanol–water partition coefficient (Wildman–Crippen LogP) is 2.89. The molecule has 2 N–H and O–H groups in total. The summed E-state index contributed by atoms with van der Waals surface area (Å²) in [7, 11) is 0. The second kappa shape index (κ2) is 10.9. The molecule has 1 unspecified atom stereocenters. The van der Waals surface area contributed by atoms with Gasteiger partial charge in [-0.3, -0.25) is 14.4 Å². The molecular weight excluding hydrogens is 439 g/mol. The molecule has 1 amide bonds. The zero-order chi connectivity index (χ0) is 24.0. The molecule has 0 saturated heterocycles. The van der Waals surface area contributed by atoms with Crippen LogP contribution in [0.1, 0.15) is 37.4 Å². The van der Waals surface area contributed by atoms with Crippen LogP contribution in [0.25, 0.3) is 0 Å². The fourth-order valence-corrected chi connectivity index (χ4v) is 3.85. The molecule has 2 aliphatic rings. The molecule has 1 fully saturated rings. The maximum Gasteiger partial charge on any atom is 0.490 e. The van der Waals surface area contributed by atoms with Gasteiger partial charge in [-0.25, -0.2) is 4.79 Å². The van der Waals surface area contributed by atoms with E-state index in [-0.39, 0.29) is 5.91 Å². The summed E-state index contributed by atoms with van der Waals surface area (Å²) in [5.41, 5.74) is 2.57. The highest BCUT2D eigenvalue weighted by molar-refractivity contribution is 5.76. The van der Waals surface area contributed by atoms with Gasteiger partial charge in [-0.2, -0.15) is 18.3 Å². The number of halogens is 3. The summed E-state index contributed by atoms with van der Waals surface area (Å²) >= 11 is 0. The molecule has 1 atom stereocenters. The number of aryl methyl sites for hydroxylation is 1. The van der Waals surface area contributed by atoms with Crippen LogP contribution < -0.4 is 5.32 Å². The predicted molar refractivity (Wildman–Crippen MR) is 114 cm³/mol. The Morgan fingerprint density at radius 1 is 1.24 bits per heavy atom. The van der Waals surface area contributed by atoms with Gasteiger partial charge < -0.3 is 15.0 Å². The van der Waals surface area contributed by atoms with Gasteiger partial charge in [0.25, 0.3) is 0 Å². The summed E-state index contributed by atoms with van der Waals surface area (Å²) in [6.45, 7) is 7.52. The molecule has 182 valence electrons. The zero-order valence-electron chi connectivity index (χ0n) is 18.6. The van der Waals surface area contributed by atoms with Crippen LogP contribution in [0.5, 0.6) is 0 Å². The fourth-order valence-electron chi connectivity index (χ4n) is 3.85.